The molecule has 0 aliphatic heterocycles. The Morgan fingerprint density at radius 2 is 2.00 bits per heavy atom. The molecule has 2 N–H and O–H groups in total. The molecule has 0 fully saturated rings. The van der Waals surface area contributed by atoms with Crippen LogP contribution in [0.25, 0.3) is 0 Å². The van der Waals surface area contributed by atoms with E-state index in [1.54, 1.807) is 6.21 Å². The van der Waals surface area contributed by atoms with Gasteiger partial charge in [-0.15, -0.1) is 0 Å². The van der Waals surface area contributed by atoms with Gasteiger partial charge >= 0.3 is 0 Å². The Bertz CT molecular complexity index is 187. The van der Waals surface area contributed by atoms with Gasteiger partial charge in [-0.2, -0.15) is 0 Å². The Morgan fingerprint density at radius 1 is 1.50 bits per heavy atom. The predicted molar refractivity (Wildman–Crippen MR) is 45.9 cm³/mol. The van der Waals surface area contributed by atoms with Gasteiger partial charge in [0.15, 0.2) is 0 Å². The van der Waals surface area contributed by atoms with Gasteiger partial charge in [0, 0.05) is 6.21 Å². The van der Waals surface area contributed by atoms with Crippen molar-refractivity contribution in [1.82, 2.24) is 0 Å². The molecule has 2 nitrogen and oxygen atoms in total. The first-order valence-corrected chi connectivity index (χ1v) is 3.20. The van der Waals surface area contributed by atoms with Crippen molar-refractivity contribution in [2.24, 2.45) is 10.7 Å². The quantitative estimate of drug-likeness (QED) is 0.459. The van der Waals surface area contributed by atoms with Gasteiger partial charge < -0.3 is 5.73 Å². The second-order valence-electron chi connectivity index (χ2n) is 2.17. The fraction of sp³-hybridized carbons (Fsp3) is 0.375. The third-order valence-corrected chi connectivity index (χ3v) is 1.17. The molecule has 2 heteroatoms. The summed E-state index contributed by atoms with van der Waals surface area (Å²) in [6.45, 7) is 9.29. The maximum atomic E-state index is 5.61. The average Bonchev–Trinajstić information content (AvgIpc) is 1.87. The van der Waals surface area contributed by atoms with Gasteiger partial charge in [0.05, 0.1) is 11.4 Å². The number of allylic oxidation sites excluding steroid dienone is 2. The molecular formula is C8H14N2. The molecule has 0 aliphatic rings. The summed E-state index contributed by atoms with van der Waals surface area (Å²) in [5, 5.41) is 0. The molecule has 0 aromatic heterocycles. The van der Waals surface area contributed by atoms with Crippen molar-refractivity contribution >= 4 is 6.21 Å². The number of hydrogen-bond donors (Lipinski definition) is 1. The zero-order valence-electron chi connectivity index (χ0n) is 6.81. The van der Waals surface area contributed by atoms with E-state index in [2.05, 4.69) is 11.6 Å². The van der Waals surface area contributed by atoms with Crippen molar-refractivity contribution < 1.29 is 0 Å². The summed E-state index contributed by atoms with van der Waals surface area (Å²) in [7, 11) is 0. The number of rotatable bonds is 2. The van der Waals surface area contributed by atoms with Gasteiger partial charge in [0.1, 0.15) is 0 Å². The van der Waals surface area contributed by atoms with E-state index in [1.165, 1.54) is 0 Å². The SMILES string of the molecule is C=C(C)/C(N)=C(/C)N=CC. The smallest absolute Gasteiger partial charge is 0.0600 e. The summed E-state index contributed by atoms with van der Waals surface area (Å²) < 4.78 is 0. The van der Waals surface area contributed by atoms with Crippen LogP contribution in [0.2, 0.25) is 0 Å². The molecular weight excluding hydrogens is 124 g/mol. The van der Waals surface area contributed by atoms with Crippen molar-refractivity contribution in [2.75, 3.05) is 0 Å². The Morgan fingerprint density at radius 3 is 2.30 bits per heavy atom. The van der Waals surface area contributed by atoms with E-state index in [9.17, 15) is 0 Å². The minimum Gasteiger partial charge on any atom is -0.397 e. The summed E-state index contributed by atoms with van der Waals surface area (Å²) in [5.41, 5.74) is 7.98. The molecule has 0 atom stereocenters. The standard InChI is InChI=1S/C8H14N2/c1-5-10-7(4)8(9)6(2)3/h5H,2,9H2,1,3-4H3/b8-7+,10-5?. The molecule has 0 aliphatic carbocycles. The zero-order valence-corrected chi connectivity index (χ0v) is 6.81. The third-order valence-electron chi connectivity index (χ3n) is 1.17. The molecule has 0 aromatic carbocycles. The van der Waals surface area contributed by atoms with Crippen molar-refractivity contribution in [1.29, 1.82) is 0 Å². The highest BCUT2D eigenvalue weighted by atomic mass is 14.8. The van der Waals surface area contributed by atoms with Gasteiger partial charge in [-0.3, -0.25) is 4.99 Å². The van der Waals surface area contributed by atoms with Gasteiger partial charge in [-0.05, 0) is 26.3 Å². The Kier molecular flexibility index (Phi) is 3.47. The molecule has 0 amide bonds. The number of hydrogen-bond acceptors (Lipinski definition) is 2. The molecule has 0 unspecified atom stereocenters. The predicted octanol–water partition coefficient (Wildman–Crippen LogP) is 1.84. The van der Waals surface area contributed by atoms with Crippen LogP contribution >= 0.6 is 0 Å². The fourth-order valence-corrected chi connectivity index (χ4v) is 0.572. The van der Waals surface area contributed by atoms with E-state index in [-0.39, 0.29) is 0 Å². The van der Waals surface area contributed by atoms with Gasteiger partial charge in [0.25, 0.3) is 0 Å². The average molecular weight is 138 g/mol. The zero-order chi connectivity index (χ0) is 8.15. The van der Waals surface area contributed by atoms with Gasteiger partial charge in [0.2, 0.25) is 0 Å². The van der Waals surface area contributed by atoms with Crippen LogP contribution in [0, 0.1) is 0 Å². The highest BCUT2D eigenvalue weighted by Gasteiger charge is 1.93. The monoisotopic (exact) mass is 138 g/mol. The molecule has 10 heavy (non-hydrogen) atoms. The third kappa shape index (κ3) is 2.49. The van der Waals surface area contributed by atoms with Crippen LogP contribution in [-0.4, -0.2) is 6.21 Å². The molecule has 0 rings (SSSR count). The van der Waals surface area contributed by atoms with Crippen molar-refractivity contribution in [3.05, 3.63) is 23.5 Å². The van der Waals surface area contributed by atoms with Gasteiger partial charge in [-0.1, -0.05) is 6.58 Å². The number of aliphatic imine (C=N–C) groups is 1. The van der Waals surface area contributed by atoms with E-state index in [0.717, 1.165) is 11.3 Å². The van der Waals surface area contributed by atoms with Crippen molar-refractivity contribution in [2.45, 2.75) is 20.8 Å². The maximum Gasteiger partial charge on any atom is 0.0600 e. The summed E-state index contributed by atoms with van der Waals surface area (Å²) in [6.07, 6.45) is 1.71. The van der Waals surface area contributed by atoms with E-state index in [0.29, 0.717) is 5.70 Å². The second-order valence-corrected chi connectivity index (χ2v) is 2.17. The molecule has 0 radical (unpaired) electrons. The Labute approximate surface area is 62.1 Å². The minimum absolute atomic E-state index is 0.679. The van der Waals surface area contributed by atoms with Crippen LogP contribution < -0.4 is 5.73 Å². The maximum absolute atomic E-state index is 5.61. The van der Waals surface area contributed by atoms with Crippen LogP contribution in [0.5, 0.6) is 0 Å². The summed E-state index contributed by atoms with van der Waals surface area (Å²) in [6, 6.07) is 0. The number of nitrogens with two attached hydrogens (primary N) is 1. The first-order chi connectivity index (χ1) is 4.59. The van der Waals surface area contributed by atoms with Crippen molar-refractivity contribution in [3.63, 3.8) is 0 Å². The second kappa shape index (κ2) is 3.88. The topological polar surface area (TPSA) is 38.4 Å². The van der Waals surface area contributed by atoms with Crippen LogP contribution in [-0.2, 0) is 0 Å². The van der Waals surface area contributed by atoms with E-state index < -0.39 is 0 Å². The molecule has 0 aromatic rings. The highest BCUT2D eigenvalue weighted by Crippen LogP contribution is 2.06. The van der Waals surface area contributed by atoms with Crippen LogP contribution in [0.15, 0.2) is 28.5 Å². The lowest BCUT2D eigenvalue weighted by Gasteiger charge is -2.00. The van der Waals surface area contributed by atoms with Gasteiger partial charge in [-0.25, -0.2) is 0 Å². The van der Waals surface area contributed by atoms with E-state index in [4.69, 9.17) is 5.73 Å². The highest BCUT2D eigenvalue weighted by molar-refractivity contribution is 5.55. The molecule has 56 valence electrons. The van der Waals surface area contributed by atoms with E-state index >= 15 is 0 Å². The summed E-state index contributed by atoms with van der Waals surface area (Å²) >= 11 is 0. The van der Waals surface area contributed by atoms with Crippen LogP contribution in [0.3, 0.4) is 0 Å². The Hall–Kier alpha value is -1.05. The first-order valence-electron chi connectivity index (χ1n) is 3.20. The molecule has 0 saturated heterocycles. The molecule has 0 spiro atoms. The number of nitrogens with zero attached hydrogens (tertiary/aromatic N) is 1. The molecule has 0 bridgehead atoms. The van der Waals surface area contributed by atoms with Crippen LogP contribution in [0.4, 0.5) is 0 Å². The molecule has 0 saturated carbocycles. The lowest BCUT2D eigenvalue weighted by atomic mass is 10.2. The normalized spacial score (nSPS) is 13.5. The lowest BCUT2D eigenvalue weighted by molar-refractivity contribution is 1.16. The minimum atomic E-state index is 0.679. The lowest BCUT2D eigenvalue weighted by Crippen LogP contribution is -2.00. The fourth-order valence-electron chi connectivity index (χ4n) is 0.572. The van der Waals surface area contributed by atoms with Crippen LogP contribution in [0.1, 0.15) is 20.8 Å². The van der Waals surface area contributed by atoms with Crippen molar-refractivity contribution in [3.8, 4) is 0 Å². The summed E-state index contributed by atoms with van der Waals surface area (Å²) in [5.74, 6) is 0. The molecule has 0 heterocycles. The summed E-state index contributed by atoms with van der Waals surface area (Å²) in [4.78, 5) is 4.01. The Balaban J connectivity index is 4.50. The first kappa shape index (κ1) is 8.95. The largest absolute Gasteiger partial charge is 0.397 e. The van der Waals surface area contributed by atoms with E-state index in [1.807, 2.05) is 20.8 Å².